The third-order valence-electron chi connectivity index (χ3n) is 8.38. The number of aliphatic hydroxyl groups is 2. The van der Waals surface area contributed by atoms with Crippen molar-refractivity contribution in [3.8, 4) is 0 Å². The standard InChI is InChI=1S/C25H29N9O9P2S3/c35-17-14-7-39-45(47,48)43-20-18(36)13-6-38-44(37,46)42-19(17)24(41-14)34-11-32-16-21(28-9-30-23(16)34)26-5-3-1-2-4-12-15-22(29-8-27-12)33(10-31-15)25(20)40-13/h1,3,8-11,13-14,17-20,24-25,35-36H,2,4-7H2,(H,37,46)(H,47,48)(H,26,28,30). The van der Waals surface area contributed by atoms with Crippen LogP contribution in [0, 0.1) is 0 Å². The Kier molecular flexibility index (Phi) is 8.91. The molecule has 9 heterocycles. The molecule has 14 bridgehead atoms. The van der Waals surface area contributed by atoms with Crippen LogP contribution in [0.4, 0.5) is 5.82 Å². The van der Waals surface area contributed by atoms with E-state index in [0.29, 0.717) is 53.2 Å². The summed E-state index contributed by atoms with van der Waals surface area (Å²) in [4.78, 5) is 37.9. The predicted octanol–water partition coefficient (Wildman–Crippen LogP) is 1.29. The molecule has 5 aliphatic heterocycles. The molecule has 23 heteroatoms. The number of thiol groups is 1. The number of aliphatic hydroxyl groups excluding tert-OH is 2. The number of nitrogens with zero attached hydrogens (tertiary/aromatic N) is 8. The second kappa shape index (κ2) is 12.9. The molecule has 10 unspecified atom stereocenters. The Morgan fingerprint density at radius 1 is 0.812 bits per heavy atom. The molecule has 4 aromatic rings. The molecule has 0 spiro atoms. The molecule has 48 heavy (non-hydrogen) atoms. The highest BCUT2D eigenvalue weighted by Crippen LogP contribution is 2.58. The van der Waals surface area contributed by atoms with Crippen molar-refractivity contribution in [2.24, 2.45) is 0 Å². The fourth-order valence-electron chi connectivity index (χ4n) is 6.10. The maximum atomic E-state index is 11.5. The van der Waals surface area contributed by atoms with Crippen LogP contribution >= 0.6 is 24.7 Å². The number of imidazole rings is 2. The van der Waals surface area contributed by atoms with Crippen molar-refractivity contribution in [3.05, 3.63) is 43.2 Å². The van der Waals surface area contributed by atoms with Crippen molar-refractivity contribution in [2.45, 2.75) is 61.9 Å². The van der Waals surface area contributed by atoms with Crippen LogP contribution in [-0.4, -0.2) is 111 Å². The van der Waals surface area contributed by atoms with Gasteiger partial charge in [-0.2, -0.15) is 0 Å². The number of fused-ring (bicyclic) bond motifs is 10. The van der Waals surface area contributed by atoms with Crippen molar-refractivity contribution < 1.29 is 42.7 Å². The van der Waals surface area contributed by atoms with Crippen LogP contribution in [-0.2, 0) is 57.6 Å². The lowest BCUT2D eigenvalue weighted by Gasteiger charge is -2.28. The first-order chi connectivity index (χ1) is 23.1. The van der Waals surface area contributed by atoms with E-state index in [1.165, 1.54) is 25.3 Å². The fourth-order valence-corrected chi connectivity index (χ4v) is 9.46. The van der Waals surface area contributed by atoms with E-state index in [-0.39, 0.29) is 6.61 Å². The van der Waals surface area contributed by atoms with E-state index in [9.17, 15) is 15.1 Å². The number of aromatic nitrogens is 8. The number of anilines is 1. The van der Waals surface area contributed by atoms with Crippen molar-refractivity contribution in [1.82, 2.24) is 39.0 Å². The van der Waals surface area contributed by atoms with E-state index in [4.69, 9.17) is 51.2 Å². The molecule has 0 radical (unpaired) electrons. The molecule has 18 nitrogen and oxygen atoms in total. The Balaban J connectivity index is 1.25. The van der Waals surface area contributed by atoms with E-state index in [0.717, 1.165) is 0 Å². The number of rotatable bonds is 0. The summed E-state index contributed by atoms with van der Waals surface area (Å²) in [6, 6.07) is 0. The minimum atomic E-state index is -4.11. The van der Waals surface area contributed by atoms with Gasteiger partial charge in [0.25, 0.3) is 0 Å². The average molecular weight is 758 g/mol. The third-order valence-corrected chi connectivity index (χ3v) is 12.1. The fraction of sp³-hybridized carbons (Fsp3) is 0.520. The highest BCUT2D eigenvalue weighted by atomic mass is 32.9. The number of hydrogen-bond acceptors (Lipinski definition) is 17. The van der Waals surface area contributed by atoms with Crippen LogP contribution in [0.5, 0.6) is 0 Å². The van der Waals surface area contributed by atoms with Gasteiger partial charge in [-0.25, -0.2) is 29.9 Å². The molecule has 0 aromatic carbocycles. The maximum absolute atomic E-state index is 11.5. The van der Waals surface area contributed by atoms with Gasteiger partial charge in [0.05, 0.1) is 31.6 Å². The van der Waals surface area contributed by atoms with Crippen LogP contribution in [0.2, 0.25) is 0 Å². The minimum absolute atomic E-state index is 0.295. The predicted molar refractivity (Wildman–Crippen MR) is 178 cm³/mol. The molecule has 0 aliphatic carbocycles. The molecule has 10 atom stereocenters. The van der Waals surface area contributed by atoms with Gasteiger partial charge in [0.2, 0.25) is 5.69 Å². The minimum Gasteiger partial charge on any atom is -0.387 e. The van der Waals surface area contributed by atoms with Gasteiger partial charge in [-0.05, 0) is 36.5 Å². The summed E-state index contributed by atoms with van der Waals surface area (Å²) in [5.74, 6) is 0.467. The lowest BCUT2D eigenvalue weighted by Crippen LogP contribution is -2.37. The maximum Gasteiger partial charge on any atom is 0.325 e. The first-order valence-electron chi connectivity index (χ1n) is 14.8. The topological polar surface area (TPSA) is 215 Å². The molecule has 0 amide bonds. The Labute approximate surface area is 287 Å². The van der Waals surface area contributed by atoms with Gasteiger partial charge in [0, 0.05) is 6.54 Å². The Bertz CT molecular complexity index is 1850. The number of ether oxygens (including phenoxy) is 2. The molecular weight excluding hydrogens is 728 g/mol. The Hall–Kier alpha value is -2.07. The first kappa shape index (κ1) is 33.1. The highest BCUT2D eigenvalue weighted by molar-refractivity contribution is 8.60. The summed E-state index contributed by atoms with van der Waals surface area (Å²) < 4.78 is 39.5. The average Bonchev–Trinajstić information content (AvgIpc) is 3.81. The normalized spacial score (nSPS) is 37.5. The zero-order chi connectivity index (χ0) is 33.2. The van der Waals surface area contributed by atoms with E-state index in [2.05, 4.69) is 47.5 Å². The smallest absolute Gasteiger partial charge is 0.325 e. The van der Waals surface area contributed by atoms with Crippen molar-refractivity contribution in [1.29, 1.82) is 0 Å². The summed E-state index contributed by atoms with van der Waals surface area (Å²) in [5.41, 5.74) is -0.967. The van der Waals surface area contributed by atoms with Gasteiger partial charge in [-0.3, -0.25) is 13.7 Å². The molecule has 9 rings (SSSR count). The number of allylic oxidation sites excluding steroid dienone is 1. The van der Waals surface area contributed by atoms with E-state index in [1.54, 1.807) is 9.13 Å². The van der Waals surface area contributed by atoms with Crippen LogP contribution in [0.15, 0.2) is 37.5 Å². The van der Waals surface area contributed by atoms with Gasteiger partial charge in [-0.15, -0.1) is 0 Å². The van der Waals surface area contributed by atoms with Gasteiger partial charge in [-0.1, -0.05) is 24.4 Å². The largest absolute Gasteiger partial charge is 0.387 e. The van der Waals surface area contributed by atoms with Crippen molar-refractivity contribution in [3.63, 3.8) is 0 Å². The SMILES string of the molecule is OC1C2COP(O)(=S)OC3C(O)C4COP(=S)(S)OC1C(O2)n1cnc2c(ncnc21)CCC=CCNc1ncnc2c1ncn2C3O4. The summed E-state index contributed by atoms with van der Waals surface area (Å²) in [6.45, 7) is -4.37. The lowest BCUT2D eigenvalue weighted by atomic mass is 10.1. The Morgan fingerprint density at radius 2 is 1.44 bits per heavy atom. The molecule has 3 fully saturated rings. The zero-order valence-electron chi connectivity index (χ0n) is 24.6. The molecule has 4 N–H and O–H groups in total. The van der Waals surface area contributed by atoms with Crippen LogP contribution in [0.3, 0.4) is 0 Å². The number of nitrogens with one attached hydrogen (secondary N) is 1. The quantitative estimate of drug-likeness (QED) is 0.0971. The van der Waals surface area contributed by atoms with Gasteiger partial charge in [0.15, 0.2) is 35.1 Å². The second-order valence-electron chi connectivity index (χ2n) is 11.4. The van der Waals surface area contributed by atoms with Gasteiger partial charge in [0.1, 0.15) is 54.8 Å². The first-order valence-corrected chi connectivity index (χ1v) is 21.2. The lowest BCUT2D eigenvalue weighted by molar-refractivity contribution is -0.0585. The summed E-state index contributed by atoms with van der Waals surface area (Å²) in [5, 5.41) is 26.1. The number of aryl methyl sites for hydroxylation is 1. The molecule has 4 aromatic heterocycles. The highest BCUT2D eigenvalue weighted by Gasteiger charge is 2.52. The molecule has 256 valence electrons. The summed E-state index contributed by atoms with van der Waals surface area (Å²) in [7, 11) is 0. The molecule has 0 saturated carbocycles. The summed E-state index contributed by atoms with van der Waals surface area (Å²) in [6.07, 6.45) is 1.60. The zero-order valence-corrected chi connectivity index (χ0v) is 29.0. The van der Waals surface area contributed by atoms with Gasteiger partial charge < -0.3 is 43.5 Å². The van der Waals surface area contributed by atoms with E-state index < -0.39 is 68.1 Å². The third kappa shape index (κ3) is 6.13. The molecule has 3 saturated heterocycles. The molecule has 5 aliphatic rings. The Morgan fingerprint density at radius 3 is 2.17 bits per heavy atom. The number of hydrogen-bond donors (Lipinski definition) is 5. The van der Waals surface area contributed by atoms with Crippen LogP contribution in [0.1, 0.15) is 24.6 Å². The van der Waals surface area contributed by atoms with Crippen LogP contribution < -0.4 is 5.32 Å². The molecular formula is C25H29N9O9P2S3. The second-order valence-corrected chi connectivity index (χ2v) is 19.4. The van der Waals surface area contributed by atoms with Gasteiger partial charge >= 0.3 is 6.72 Å². The van der Waals surface area contributed by atoms with E-state index in [1.807, 2.05) is 12.2 Å². The summed E-state index contributed by atoms with van der Waals surface area (Å²) >= 11 is 15.6. The van der Waals surface area contributed by atoms with E-state index >= 15 is 0 Å². The monoisotopic (exact) mass is 757 g/mol. The van der Waals surface area contributed by atoms with Crippen molar-refractivity contribution in [2.75, 3.05) is 25.1 Å². The van der Waals surface area contributed by atoms with Crippen molar-refractivity contribution >= 4 is 76.4 Å². The van der Waals surface area contributed by atoms with Crippen LogP contribution in [0.25, 0.3) is 22.3 Å².